The first-order chi connectivity index (χ1) is 13.2. The molecule has 1 aromatic heterocycles. The minimum absolute atomic E-state index is 0.0274. The number of amides is 1. The van der Waals surface area contributed by atoms with Crippen LogP contribution in [0.4, 0.5) is 0 Å². The number of nitrogens with zero attached hydrogens (tertiary/aromatic N) is 1. The maximum atomic E-state index is 12.2. The molecule has 1 aromatic carbocycles. The number of hydrogen-bond acceptors (Lipinski definition) is 4. The number of carbonyl (C=O) groups is 1. The van der Waals surface area contributed by atoms with Crippen molar-refractivity contribution in [1.82, 2.24) is 10.3 Å². The van der Waals surface area contributed by atoms with Crippen molar-refractivity contribution in [3.63, 3.8) is 0 Å². The highest BCUT2D eigenvalue weighted by Gasteiger charge is 2.18. The number of nitrogens with one attached hydrogen (secondary N) is 1. The van der Waals surface area contributed by atoms with Gasteiger partial charge in [0, 0.05) is 24.7 Å². The maximum absolute atomic E-state index is 12.2. The second kappa shape index (κ2) is 9.95. The van der Waals surface area contributed by atoms with E-state index in [0.717, 1.165) is 29.7 Å². The zero-order valence-electron chi connectivity index (χ0n) is 15.9. The van der Waals surface area contributed by atoms with Crippen LogP contribution in [0.5, 0.6) is 11.6 Å². The highest BCUT2D eigenvalue weighted by molar-refractivity contribution is 5.76. The molecule has 1 fully saturated rings. The van der Waals surface area contributed by atoms with Crippen LogP contribution in [-0.4, -0.2) is 23.6 Å². The summed E-state index contributed by atoms with van der Waals surface area (Å²) in [6.45, 7) is 3.06. The Labute approximate surface area is 161 Å². The molecule has 1 amide bonds. The molecule has 144 valence electrons. The van der Waals surface area contributed by atoms with Crippen LogP contribution >= 0.6 is 0 Å². The minimum atomic E-state index is 0.0274. The topological polar surface area (TPSA) is 60.5 Å². The lowest BCUT2D eigenvalue weighted by molar-refractivity contribution is -0.121. The number of aromatic nitrogens is 1. The number of pyridine rings is 1. The summed E-state index contributed by atoms with van der Waals surface area (Å²) in [6, 6.07) is 11.7. The van der Waals surface area contributed by atoms with Crippen LogP contribution in [0.2, 0.25) is 0 Å². The Kier molecular flexibility index (Phi) is 7.08. The maximum Gasteiger partial charge on any atom is 0.220 e. The molecule has 1 aliphatic rings. The Bertz CT molecular complexity index is 725. The fourth-order valence-corrected chi connectivity index (χ4v) is 3.29. The summed E-state index contributed by atoms with van der Waals surface area (Å²) in [4.78, 5) is 16.6. The van der Waals surface area contributed by atoms with E-state index in [9.17, 15) is 4.79 Å². The minimum Gasteiger partial charge on any atom is -0.494 e. The lowest BCUT2D eigenvalue weighted by Crippen LogP contribution is -2.24. The van der Waals surface area contributed by atoms with Crippen LogP contribution in [0, 0.1) is 0 Å². The van der Waals surface area contributed by atoms with Crippen LogP contribution in [0.3, 0.4) is 0 Å². The summed E-state index contributed by atoms with van der Waals surface area (Å²) in [6.07, 6.45) is 7.76. The number of ether oxygens (including phenoxy) is 2. The second-order valence-electron chi connectivity index (χ2n) is 6.85. The van der Waals surface area contributed by atoms with E-state index in [0.29, 0.717) is 31.9 Å². The molecular weight excluding hydrogens is 340 g/mol. The van der Waals surface area contributed by atoms with Crippen molar-refractivity contribution in [2.75, 3.05) is 6.61 Å². The third kappa shape index (κ3) is 5.98. The van der Waals surface area contributed by atoms with Crippen molar-refractivity contribution >= 4 is 5.91 Å². The second-order valence-corrected chi connectivity index (χ2v) is 6.85. The Morgan fingerprint density at radius 2 is 1.96 bits per heavy atom. The van der Waals surface area contributed by atoms with Gasteiger partial charge in [0.25, 0.3) is 0 Å². The van der Waals surface area contributed by atoms with E-state index in [1.165, 1.54) is 12.8 Å². The summed E-state index contributed by atoms with van der Waals surface area (Å²) in [5.41, 5.74) is 2.05. The molecule has 3 rings (SSSR count). The molecular formula is C22H28N2O3. The smallest absolute Gasteiger partial charge is 0.220 e. The van der Waals surface area contributed by atoms with Crippen molar-refractivity contribution in [3.05, 3.63) is 53.7 Å². The number of rotatable bonds is 9. The number of aryl methyl sites for hydroxylation is 1. The average molecular weight is 368 g/mol. The van der Waals surface area contributed by atoms with Crippen molar-refractivity contribution in [1.29, 1.82) is 0 Å². The molecule has 0 bridgehead atoms. The van der Waals surface area contributed by atoms with E-state index in [-0.39, 0.29) is 12.0 Å². The van der Waals surface area contributed by atoms with Crippen molar-refractivity contribution < 1.29 is 14.3 Å². The average Bonchev–Trinajstić information content (AvgIpc) is 3.20. The first-order valence-electron chi connectivity index (χ1n) is 9.83. The summed E-state index contributed by atoms with van der Waals surface area (Å²) in [5.74, 6) is 1.54. The molecule has 0 saturated heterocycles. The van der Waals surface area contributed by atoms with Crippen molar-refractivity contribution in [2.45, 2.75) is 58.1 Å². The Morgan fingerprint density at radius 1 is 1.19 bits per heavy atom. The molecule has 1 heterocycles. The lowest BCUT2D eigenvalue weighted by Gasteiger charge is -2.15. The van der Waals surface area contributed by atoms with Gasteiger partial charge in [-0.2, -0.15) is 0 Å². The van der Waals surface area contributed by atoms with E-state index in [4.69, 9.17) is 9.47 Å². The summed E-state index contributed by atoms with van der Waals surface area (Å²) in [5, 5.41) is 2.98. The molecule has 0 aliphatic heterocycles. The van der Waals surface area contributed by atoms with Crippen molar-refractivity contribution in [2.24, 2.45) is 0 Å². The van der Waals surface area contributed by atoms with Gasteiger partial charge in [0.1, 0.15) is 11.9 Å². The number of benzene rings is 1. The fraction of sp³-hybridized carbons (Fsp3) is 0.455. The molecule has 0 unspecified atom stereocenters. The Hall–Kier alpha value is -2.56. The van der Waals surface area contributed by atoms with Crippen LogP contribution in [0.25, 0.3) is 0 Å². The van der Waals surface area contributed by atoms with E-state index >= 15 is 0 Å². The highest BCUT2D eigenvalue weighted by atomic mass is 16.5. The summed E-state index contributed by atoms with van der Waals surface area (Å²) >= 11 is 0. The Morgan fingerprint density at radius 3 is 2.70 bits per heavy atom. The van der Waals surface area contributed by atoms with Gasteiger partial charge in [0.05, 0.1) is 6.61 Å². The SMILES string of the molecule is CCOc1ccc(CCC(=O)NCc2cccnc2OC2CCCC2)cc1. The summed E-state index contributed by atoms with van der Waals surface area (Å²) < 4.78 is 11.5. The largest absolute Gasteiger partial charge is 0.494 e. The van der Waals surface area contributed by atoms with Gasteiger partial charge in [-0.25, -0.2) is 4.98 Å². The zero-order chi connectivity index (χ0) is 18.9. The van der Waals surface area contributed by atoms with E-state index in [1.807, 2.05) is 43.3 Å². The van der Waals surface area contributed by atoms with Gasteiger partial charge in [-0.15, -0.1) is 0 Å². The molecule has 1 aliphatic carbocycles. The number of hydrogen-bond donors (Lipinski definition) is 1. The van der Waals surface area contributed by atoms with Crippen LogP contribution in [-0.2, 0) is 17.8 Å². The first-order valence-corrected chi connectivity index (χ1v) is 9.83. The van der Waals surface area contributed by atoms with E-state index < -0.39 is 0 Å². The predicted octanol–water partition coefficient (Wildman–Crippen LogP) is 4.05. The third-order valence-corrected chi connectivity index (χ3v) is 4.78. The highest BCUT2D eigenvalue weighted by Crippen LogP contribution is 2.25. The standard InChI is InChI=1S/C22H28N2O3/c1-2-26-19-12-9-17(10-13-19)11-14-21(25)24-16-18-6-5-15-23-22(18)27-20-7-3-4-8-20/h5-6,9-10,12-13,15,20H,2-4,7-8,11,14,16H2,1H3,(H,24,25). The van der Waals surface area contributed by atoms with Crippen LogP contribution in [0.1, 0.15) is 50.2 Å². The quantitative estimate of drug-likeness (QED) is 0.725. The van der Waals surface area contributed by atoms with Gasteiger partial charge in [0.2, 0.25) is 11.8 Å². The fourth-order valence-electron chi connectivity index (χ4n) is 3.29. The summed E-state index contributed by atoms with van der Waals surface area (Å²) in [7, 11) is 0. The zero-order valence-corrected chi connectivity index (χ0v) is 15.9. The lowest BCUT2D eigenvalue weighted by atomic mass is 10.1. The molecule has 27 heavy (non-hydrogen) atoms. The van der Waals surface area contributed by atoms with Crippen molar-refractivity contribution in [3.8, 4) is 11.6 Å². The Balaban J connectivity index is 1.46. The van der Waals surface area contributed by atoms with Gasteiger partial charge in [-0.3, -0.25) is 4.79 Å². The van der Waals surface area contributed by atoms with Gasteiger partial charge in [-0.05, 0) is 62.8 Å². The van der Waals surface area contributed by atoms with Gasteiger partial charge >= 0.3 is 0 Å². The first kappa shape index (κ1) is 19.2. The predicted molar refractivity (Wildman–Crippen MR) is 105 cm³/mol. The normalized spacial score (nSPS) is 14.1. The van der Waals surface area contributed by atoms with Gasteiger partial charge < -0.3 is 14.8 Å². The monoisotopic (exact) mass is 368 g/mol. The van der Waals surface area contributed by atoms with E-state index in [2.05, 4.69) is 10.3 Å². The molecule has 5 heteroatoms. The van der Waals surface area contributed by atoms with Crippen LogP contribution in [0.15, 0.2) is 42.6 Å². The van der Waals surface area contributed by atoms with Gasteiger partial charge in [0.15, 0.2) is 0 Å². The molecule has 0 atom stereocenters. The molecule has 0 radical (unpaired) electrons. The number of carbonyl (C=O) groups excluding carboxylic acids is 1. The molecule has 5 nitrogen and oxygen atoms in total. The van der Waals surface area contributed by atoms with Crippen LogP contribution < -0.4 is 14.8 Å². The molecule has 0 spiro atoms. The molecule has 1 N–H and O–H groups in total. The molecule has 1 saturated carbocycles. The van der Waals surface area contributed by atoms with E-state index in [1.54, 1.807) is 6.20 Å². The van der Waals surface area contributed by atoms with Gasteiger partial charge in [-0.1, -0.05) is 18.2 Å². The third-order valence-electron chi connectivity index (χ3n) is 4.78. The molecule has 2 aromatic rings.